The van der Waals surface area contributed by atoms with Crippen molar-refractivity contribution in [2.24, 2.45) is 0 Å². The van der Waals surface area contributed by atoms with E-state index in [1.807, 2.05) is 60.7 Å². The molecule has 0 spiro atoms. The molecule has 0 radical (unpaired) electrons. The zero-order valence-corrected chi connectivity index (χ0v) is 17.3. The standard InChI is InChI=1S/C25H25NO5/c1-25(23(27)28,26-24(29)31-18-21-10-6-3-7-11-21)16-19-12-14-22(15-13-19)30-17-20-8-4-2-5-9-20/h2-15H,16-18H2,1H3,(H,26,29)(H,27,28)/t25-/m1/s1. The van der Waals surface area contributed by atoms with Crippen LogP contribution in [-0.4, -0.2) is 22.7 Å². The molecule has 0 aromatic heterocycles. The van der Waals surface area contributed by atoms with Crippen molar-refractivity contribution in [3.05, 3.63) is 102 Å². The summed E-state index contributed by atoms with van der Waals surface area (Å²) in [5.41, 5.74) is 1.12. The lowest BCUT2D eigenvalue weighted by Gasteiger charge is -2.26. The summed E-state index contributed by atoms with van der Waals surface area (Å²) in [5, 5.41) is 12.2. The first-order valence-electron chi connectivity index (χ1n) is 9.92. The predicted molar refractivity (Wildman–Crippen MR) is 117 cm³/mol. The molecular weight excluding hydrogens is 394 g/mol. The summed E-state index contributed by atoms with van der Waals surface area (Å²) in [7, 11) is 0. The molecule has 6 heteroatoms. The summed E-state index contributed by atoms with van der Waals surface area (Å²) in [6.45, 7) is 1.97. The summed E-state index contributed by atoms with van der Waals surface area (Å²) in [6, 6.07) is 26.2. The van der Waals surface area contributed by atoms with E-state index < -0.39 is 17.6 Å². The van der Waals surface area contributed by atoms with Crippen LogP contribution in [0.3, 0.4) is 0 Å². The van der Waals surface area contributed by atoms with E-state index in [4.69, 9.17) is 9.47 Å². The summed E-state index contributed by atoms with van der Waals surface area (Å²) in [6.07, 6.45) is -0.682. The lowest BCUT2D eigenvalue weighted by Crippen LogP contribution is -2.53. The number of aliphatic carboxylic acids is 1. The van der Waals surface area contributed by atoms with Gasteiger partial charge < -0.3 is 19.9 Å². The maximum absolute atomic E-state index is 12.2. The highest BCUT2D eigenvalue weighted by molar-refractivity contribution is 5.84. The van der Waals surface area contributed by atoms with Crippen LogP contribution < -0.4 is 10.1 Å². The first-order valence-corrected chi connectivity index (χ1v) is 9.92. The van der Waals surface area contributed by atoms with Gasteiger partial charge in [-0.2, -0.15) is 0 Å². The van der Waals surface area contributed by atoms with Crippen LogP contribution >= 0.6 is 0 Å². The van der Waals surface area contributed by atoms with Gasteiger partial charge in [0, 0.05) is 6.42 Å². The second-order valence-corrected chi connectivity index (χ2v) is 7.42. The van der Waals surface area contributed by atoms with Gasteiger partial charge in [-0.15, -0.1) is 0 Å². The third kappa shape index (κ3) is 6.60. The van der Waals surface area contributed by atoms with Crippen molar-refractivity contribution in [1.82, 2.24) is 5.32 Å². The second kappa shape index (κ2) is 10.3. The van der Waals surface area contributed by atoms with Gasteiger partial charge in [-0.3, -0.25) is 0 Å². The van der Waals surface area contributed by atoms with Crippen LogP contribution in [0.25, 0.3) is 0 Å². The smallest absolute Gasteiger partial charge is 0.408 e. The molecule has 0 aliphatic heterocycles. The molecular formula is C25H25NO5. The van der Waals surface area contributed by atoms with Gasteiger partial charge in [0.1, 0.15) is 24.5 Å². The molecule has 1 atom stereocenters. The molecule has 0 aliphatic rings. The van der Waals surface area contributed by atoms with Crippen molar-refractivity contribution in [2.75, 3.05) is 0 Å². The number of hydrogen-bond donors (Lipinski definition) is 2. The molecule has 2 N–H and O–H groups in total. The van der Waals surface area contributed by atoms with Crippen LogP contribution in [-0.2, 0) is 29.2 Å². The van der Waals surface area contributed by atoms with Crippen LogP contribution in [0.1, 0.15) is 23.6 Å². The Balaban J connectivity index is 1.56. The van der Waals surface area contributed by atoms with Crippen molar-refractivity contribution in [2.45, 2.75) is 32.1 Å². The lowest BCUT2D eigenvalue weighted by molar-refractivity contribution is -0.143. The maximum Gasteiger partial charge on any atom is 0.408 e. The van der Waals surface area contributed by atoms with Crippen molar-refractivity contribution in [1.29, 1.82) is 0 Å². The average molecular weight is 419 g/mol. The Morgan fingerprint density at radius 2 is 1.35 bits per heavy atom. The van der Waals surface area contributed by atoms with Gasteiger partial charge in [-0.05, 0) is 35.7 Å². The minimum Gasteiger partial charge on any atom is -0.489 e. The molecule has 1 amide bonds. The Bertz CT molecular complexity index is 989. The Morgan fingerprint density at radius 3 is 1.90 bits per heavy atom. The van der Waals surface area contributed by atoms with Crippen molar-refractivity contribution in [3.63, 3.8) is 0 Å². The predicted octanol–water partition coefficient (Wildman–Crippen LogP) is 4.58. The van der Waals surface area contributed by atoms with E-state index in [1.54, 1.807) is 24.3 Å². The first kappa shape index (κ1) is 21.9. The molecule has 0 aliphatic carbocycles. The van der Waals surface area contributed by atoms with Gasteiger partial charge in [0.05, 0.1) is 0 Å². The molecule has 0 fully saturated rings. The number of nitrogens with one attached hydrogen (secondary N) is 1. The minimum atomic E-state index is -1.51. The Labute approximate surface area is 181 Å². The van der Waals surface area contributed by atoms with Crippen molar-refractivity contribution in [3.8, 4) is 5.75 Å². The molecule has 3 rings (SSSR count). The molecule has 3 aromatic rings. The van der Waals surface area contributed by atoms with Crippen molar-refractivity contribution < 1.29 is 24.2 Å². The van der Waals surface area contributed by atoms with E-state index in [1.165, 1.54) is 6.92 Å². The topological polar surface area (TPSA) is 84.9 Å². The summed E-state index contributed by atoms with van der Waals surface area (Å²) < 4.78 is 10.9. The van der Waals surface area contributed by atoms with E-state index in [9.17, 15) is 14.7 Å². The highest BCUT2D eigenvalue weighted by Crippen LogP contribution is 2.19. The van der Waals surface area contributed by atoms with E-state index in [0.717, 1.165) is 16.7 Å². The third-order valence-corrected chi connectivity index (χ3v) is 4.79. The highest BCUT2D eigenvalue weighted by Gasteiger charge is 2.35. The Hall–Kier alpha value is -3.80. The third-order valence-electron chi connectivity index (χ3n) is 4.79. The minimum absolute atomic E-state index is 0.0653. The molecule has 31 heavy (non-hydrogen) atoms. The normalized spacial score (nSPS) is 12.4. The van der Waals surface area contributed by atoms with E-state index >= 15 is 0 Å². The zero-order chi connectivity index (χ0) is 22.1. The number of carbonyl (C=O) groups excluding carboxylic acids is 1. The second-order valence-electron chi connectivity index (χ2n) is 7.42. The van der Waals surface area contributed by atoms with Gasteiger partial charge >= 0.3 is 12.1 Å². The van der Waals surface area contributed by atoms with Crippen molar-refractivity contribution >= 4 is 12.1 Å². The van der Waals surface area contributed by atoms with Crippen LogP contribution in [0, 0.1) is 0 Å². The van der Waals surface area contributed by atoms with Crippen LogP contribution in [0.2, 0.25) is 0 Å². The van der Waals surface area contributed by atoms with E-state index in [0.29, 0.717) is 12.4 Å². The van der Waals surface area contributed by atoms with Crippen LogP contribution in [0.15, 0.2) is 84.9 Å². The maximum atomic E-state index is 12.2. The zero-order valence-electron chi connectivity index (χ0n) is 17.3. The quantitative estimate of drug-likeness (QED) is 0.530. The fraction of sp³-hybridized carbons (Fsp3) is 0.200. The number of benzene rings is 3. The summed E-state index contributed by atoms with van der Waals surface area (Å²) in [5.74, 6) is -0.464. The molecule has 3 aromatic carbocycles. The number of alkyl carbamates (subject to hydrolysis) is 1. The SMILES string of the molecule is C[C@](Cc1ccc(OCc2ccccc2)cc1)(NC(=O)OCc1ccccc1)C(=O)O. The van der Waals surface area contributed by atoms with Gasteiger partial charge in [0.2, 0.25) is 0 Å². The van der Waals surface area contributed by atoms with Crippen LogP contribution in [0.4, 0.5) is 4.79 Å². The fourth-order valence-electron chi connectivity index (χ4n) is 3.01. The number of ether oxygens (including phenoxy) is 2. The largest absolute Gasteiger partial charge is 0.489 e. The molecule has 0 heterocycles. The number of carboxylic acids is 1. The molecule has 0 unspecified atom stereocenters. The van der Waals surface area contributed by atoms with Gasteiger partial charge in [0.15, 0.2) is 0 Å². The van der Waals surface area contributed by atoms with Crippen LogP contribution in [0.5, 0.6) is 5.75 Å². The molecule has 0 saturated carbocycles. The van der Waals surface area contributed by atoms with Gasteiger partial charge in [-0.25, -0.2) is 9.59 Å². The summed E-state index contributed by atoms with van der Waals surface area (Å²) in [4.78, 5) is 24.1. The van der Waals surface area contributed by atoms with E-state index in [-0.39, 0.29) is 13.0 Å². The highest BCUT2D eigenvalue weighted by atomic mass is 16.5. The lowest BCUT2D eigenvalue weighted by atomic mass is 9.93. The first-order chi connectivity index (χ1) is 14.9. The monoisotopic (exact) mass is 419 g/mol. The van der Waals surface area contributed by atoms with Gasteiger partial charge in [0.25, 0.3) is 0 Å². The molecule has 160 valence electrons. The Kier molecular flexibility index (Phi) is 7.27. The van der Waals surface area contributed by atoms with Gasteiger partial charge in [-0.1, -0.05) is 72.8 Å². The molecule has 0 bridgehead atoms. The van der Waals surface area contributed by atoms with E-state index in [2.05, 4.69) is 5.32 Å². The number of rotatable bonds is 9. The average Bonchev–Trinajstić information content (AvgIpc) is 2.78. The number of amides is 1. The number of carbonyl (C=O) groups is 2. The molecule has 6 nitrogen and oxygen atoms in total. The fourth-order valence-corrected chi connectivity index (χ4v) is 3.01. The Morgan fingerprint density at radius 1 is 0.806 bits per heavy atom. The number of hydrogen-bond acceptors (Lipinski definition) is 4. The summed E-state index contributed by atoms with van der Waals surface area (Å²) >= 11 is 0. The number of carboxylic acid groups (broad SMARTS) is 1. The molecule has 0 saturated heterocycles.